The molecule has 2 aliphatic heterocycles. The third-order valence-electron chi connectivity index (χ3n) is 4.89. The van der Waals surface area contributed by atoms with E-state index in [2.05, 4.69) is 16.8 Å². The minimum absolute atomic E-state index is 0.0918. The Morgan fingerprint density at radius 1 is 1.20 bits per heavy atom. The Kier molecular flexibility index (Phi) is 4.06. The van der Waals surface area contributed by atoms with Crippen LogP contribution in [0.4, 0.5) is 4.39 Å². The number of likely N-dealkylation sites (tertiary alicyclic amines) is 1. The van der Waals surface area contributed by atoms with Crippen molar-refractivity contribution in [2.75, 3.05) is 39.9 Å². The van der Waals surface area contributed by atoms with E-state index >= 15 is 0 Å². The van der Waals surface area contributed by atoms with Crippen LogP contribution >= 0.6 is 0 Å². The molecule has 2 fully saturated rings. The summed E-state index contributed by atoms with van der Waals surface area (Å²) in [6, 6.07) is 7.09. The maximum Gasteiger partial charge on any atom is 0.127 e. The van der Waals surface area contributed by atoms with Crippen LogP contribution in [0, 0.1) is 5.82 Å². The zero-order chi connectivity index (χ0) is 14.0. The fraction of sp³-hybridized carbons (Fsp3) is 0.625. The van der Waals surface area contributed by atoms with Crippen LogP contribution in [0.5, 0.6) is 0 Å². The summed E-state index contributed by atoms with van der Waals surface area (Å²) in [4.78, 5) is 4.81. The van der Waals surface area contributed by atoms with Gasteiger partial charge in [-0.15, -0.1) is 0 Å². The van der Waals surface area contributed by atoms with Crippen molar-refractivity contribution in [3.63, 3.8) is 0 Å². The summed E-state index contributed by atoms with van der Waals surface area (Å²) in [5.74, 6) is -0.0918. The van der Waals surface area contributed by atoms with Gasteiger partial charge < -0.3 is 4.74 Å². The number of ether oxygens (including phenoxy) is 1. The van der Waals surface area contributed by atoms with Crippen molar-refractivity contribution in [2.24, 2.45) is 0 Å². The first-order valence-electron chi connectivity index (χ1n) is 7.44. The van der Waals surface area contributed by atoms with Crippen LogP contribution in [0.15, 0.2) is 24.3 Å². The zero-order valence-electron chi connectivity index (χ0n) is 12.1. The van der Waals surface area contributed by atoms with Crippen molar-refractivity contribution < 1.29 is 9.13 Å². The lowest BCUT2D eigenvalue weighted by atomic mass is 9.85. The number of morpholine rings is 1. The molecule has 20 heavy (non-hydrogen) atoms. The molecule has 110 valence electrons. The first kappa shape index (κ1) is 14.0. The average molecular weight is 278 g/mol. The number of hydrogen-bond donors (Lipinski definition) is 0. The van der Waals surface area contributed by atoms with Gasteiger partial charge in [-0.2, -0.15) is 0 Å². The number of benzene rings is 1. The van der Waals surface area contributed by atoms with E-state index in [1.54, 1.807) is 12.1 Å². The van der Waals surface area contributed by atoms with Crippen molar-refractivity contribution in [3.8, 4) is 0 Å². The van der Waals surface area contributed by atoms with Crippen molar-refractivity contribution in [3.05, 3.63) is 35.6 Å². The van der Waals surface area contributed by atoms with Crippen molar-refractivity contribution in [1.82, 2.24) is 9.80 Å². The lowest BCUT2D eigenvalue weighted by Crippen LogP contribution is -2.59. The molecule has 1 aromatic carbocycles. The zero-order valence-corrected chi connectivity index (χ0v) is 12.1. The van der Waals surface area contributed by atoms with Gasteiger partial charge in [0.05, 0.1) is 13.2 Å². The molecule has 3 rings (SSSR count). The van der Waals surface area contributed by atoms with Crippen LogP contribution in [0.1, 0.15) is 18.4 Å². The van der Waals surface area contributed by atoms with E-state index < -0.39 is 0 Å². The lowest BCUT2D eigenvalue weighted by molar-refractivity contribution is -0.0836. The summed E-state index contributed by atoms with van der Waals surface area (Å²) in [6.45, 7) is 5.46. The molecule has 4 heteroatoms. The molecule has 0 aromatic heterocycles. The van der Waals surface area contributed by atoms with Gasteiger partial charge in [0.2, 0.25) is 0 Å². The second kappa shape index (κ2) is 5.80. The molecule has 2 aliphatic rings. The normalized spacial score (nSPS) is 24.1. The summed E-state index contributed by atoms with van der Waals surface area (Å²) in [5, 5.41) is 0. The number of rotatable bonds is 2. The van der Waals surface area contributed by atoms with Gasteiger partial charge in [-0.25, -0.2) is 4.39 Å². The third kappa shape index (κ3) is 2.73. The van der Waals surface area contributed by atoms with E-state index in [0.29, 0.717) is 6.54 Å². The summed E-state index contributed by atoms with van der Waals surface area (Å²) in [6.07, 6.45) is 2.22. The standard InChI is InChI=1S/C16H23FN2O/c1-18-10-11-20-13-16(18)6-8-19(9-7-16)12-14-4-2-3-5-15(14)17/h2-5H,6-13H2,1H3. The Balaban J connectivity index is 1.60. The van der Waals surface area contributed by atoms with Gasteiger partial charge in [0.1, 0.15) is 5.82 Å². The van der Waals surface area contributed by atoms with E-state index in [-0.39, 0.29) is 11.4 Å². The lowest BCUT2D eigenvalue weighted by Gasteiger charge is -2.49. The van der Waals surface area contributed by atoms with Crippen molar-refractivity contribution >= 4 is 0 Å². The molecular formula is C16H23FN2O. The van der Waals surface area contributed by atoms with Crippen LogP contribution in [-0.4, -0.2) is 55.2 Å². The smallest absolute Gasteiger partial charge is 0.127 e. The highest BCUT2D eigenvalue weighted by Gasteiger charge is 2.40. The monoisotopic (exact) mass is 278 g/mol. The van der Waals surface area contributed by atoms with Gasteiger partial charge in [0.25, 0.3) is 0 Å². The van der Waals surface area contributed by atoms with Crippen LogP contribution in [-0.2, 0) is 11.3 Å². The Bertz CT molecular complexity index is 458. The number of halogens is 1. The fourth-order valence-electron chi connectivity index (χ4n) is 3.33. The van der Waals surface area contributed by atoms with Gasteiger partial charge in [0.15, 0.2) is 0 Å². The molecule has 1 spiro atoms. The number of nitrogens with zero attached hydrogens (tertiary/aromatic N) is 2. The molecule has 0 bridgehead atoms. The summed E-state index contributed by atoms with van der Waals surface area (Å²) >= 11 is 0. The quantitative estimate of drug-likeness (QED) is 0.824. The summed E-state index contributed by atoms with van der Waals surface area (Å²) < 4.78 is 19.4. The largest absolute Gasteiger partial charge is 0.378 e. The first-order valence-corrected chi connectivity index (χ1v) is 7.44. The molecule has 0 unspecified atom stereocenters. The minimum Gasteiger partial charge on any atom is -0.378 e. The molecule has 3 nitrogen and oxygen atoms in total. The van der Waals surface area contributed by atoms with E-state index in [0.717, 1.165) is 51.3 Å². The van der Waals surface area contributed by atoms with Crippen LogP contribution < -0.4 is 0 Å². The molecule has 0 N–H and O–H groups in total. The highest BCUT2D eigenvalue weighted by Crippen LogP contribution is 2.31. The number of likely N-dealkylation sites (N-methyl/N-ethyl adjacent to an activating group) is 1. The van der Waals surface area contributed by atoms with Gasteiger partial charge >= 0.3 is 0 Å². The maximum atomic E-state index is 13.7. The minimum atomic E-state index is -0.0918. The van der Waals surface area contributed by atoms with E-state index in [1.165, 1.54) is 0 Å². The van der Waals surface area contributed by atoms with Gasteiger partial charge in [-0.1, -0.05) is 18.2 Å². The van der Waals surface area contributed by atoms with Crippen LogP contribution in [0.2, 0.25) is 0 Å². The van der Waals surface area contributed by atoms with Gasteiger partial charge in [0, 0.05) is 37.3 Å². The molecule has 1 aromatic rings. The molecular weight excluding hydrogens is 255 g/mol. The highest BCUT2D eigenvalue weighted by molar-refractivity contribution is 5.17. The Labute approximate surface area is 120 Å². The summed E-state index contributed by atoms with van der Waals surface area (Å²) in [7, 11) is 2.20. The fourth-order valence-corrected chi connectivity index (χ4v) is 3.33. The van der Waals surface area contributed by atoms with Crippen LogP contribution in [0.3, 0.4) is 0 Å². The number of hydrogen-bond acceptors (Lipinski definition) is 3. The summed E-state index contributed by atoms with van der Waals surface area (Å²) in [5.41, 5.74) is 1.01. The molecule has 0 atom stereocenters. The molecule has 0 aliphatic carbocycles. The Morgan fingerprint density at radius 2 is 1.95 bits per heavy atom. The maximum absolute atomic E-state index is 13.7. The van der Waals surface area contributed by atoms with Crippen molar-refractivity contribution in [1.29, 1.82) is 0 Å². The Morgan fingerprint density at radius 3 is 2.65 bits per heavy atom. The predicted octanol–water partition coefficient (Wildman–Crippen LogP) is 2.12. The van der Waals surface area contributed by atoms with Gasteiger partial charge in [-0.05, 0) is 26.0 Å². The molecule has 0 amide bonds. The molecule has 2 heterocycles. The predicted molar refractivity (Wildman–Crippen MR) is 77.1 cm³/mol. The third-order valence-corrected chi connectivity index (χ3v) is 4.89. The molecule has 2 saturated heterocycles. The van der Waals surface area contributed by atoms with Crippen LogP contribution in [0.25, 0.3) is 0 Å². The topological polar surface area (TPSA) is 15.7 Å². The van der Waals surface area contributed by atoms with E-state index in [1.807, 2.05) is 12.1 Å². The number of piperidine rings is 1. The highest BCUT2D eigenvalue weighted by atomic mass is 19.1. The van der Waals surface area contributed by atoms with Crippen molar-refractivity contribution in [2.45, 2.75) is 24.9 Å². The average Bonchev–Trinajstić information content (AvgIpc) is 2.47. The van der Waals surface area contributed by atoms with Gasteiger partial charge in [-0.3, -0.25) is 9.80 Å². The molecule has 0 saturated carbocycles. The Hall–Kier alpha value is -0.970. The van der Waals surface area contributed by atoms with E-state index in [9.17, 15) is 4.39 Å². The first-order chi connectivity index (χ1) is 9.70. The molecule has 0 radical (unpaired) electrons. The van der Waals surface area contributed by atoms with E-state index in [4.69, 9.17) is 4.74 Å². The SMILES string of the molecule is CN1CCOCC12CCN(Cc1ccccc1F)CC2. The second-order valence-electron chi connectivity index (χ2n) is 6.07. The second-order valence-corrected chi connectivity index (χ2v) is 6.07.